The van der Waals surface area contributed by atoms with Gasteiger partial charge in [0.2, 0.25) is 0 Å². The number of hydrogen-bond acceptors (Lipinski definition) is 6. The molecule has 39 heavy (non-hydrogen) atoms. The highest BCUT2D eigenvalue weighted by molar-refractivity contribution is 7.90. The molecule has 1 unspecified atom stereocenters. The van der Waals surface area contributed by atoms with E-state index < -0.39 is 27.5 Å². The van der Waals surface area contributed by atoms with Gasteiger partial charge in [-0.2, -0.15) is 0 Å². The van der Waals surface area contributed by atoms with Crippen molar-refractivity contribution in [2.24, 2.45) is 5.92 Å². The smallest absolute Gasteiger partial charge is 0.176 e. The molecule has 0 amide bonds. The van der Waals surface area contributed by atoms with Crippen LogP contribution < -0.4 is 9.47 Å². The quantitative estimate of drug-likeness (QED) is 0.382. The van der Waals surface area contributed by atoms with E-state index in [9.17, 15) is 13.5 Å². The first-order chi connectivity index (χ1) is 18.5. The fourth-order valence-corrected chi connectivity index (χ4v) is 6.44. The van der Waals surface area contributed by atoms with Gasteiger partial charge in [0, 0.05) is 30.0 Å². The molecule has 1 N–H and O–H groups in total. The van der Waals surface area contributed by atoms with E-state index in [1.807, 2.05) is 24.3 Å². The number of aromatic hydroxyl groups is 1. The van der Waals surface area contributed by atoms with E-state index in [2.05, 4.69) is 18.7 Å². The van der Waals surface area contributed by atoms with Crippen molar-refractivity contribution in [2.75, 3.05) is 26.0 Å². The Morgan fingerprint density at radius 1 is 1.13 bits per heavy atom. The zero-order valence-electron chi connectivity index (χ0n) is 22.6. The molecule has 3 atom stereocenters. The molecule has 1 fully saturated rings. The van der Waals surface area contributed by atoms with E-state index in [-0.39, 0.29) is 16.2 Å². The van der Waals surface area contributed by atoms with Crippen LogP contribution in [0.4, 0.5) is 4.39 Å². The van der Waals surface area contributed by atoms with Crippen molar-refractivity contribution in [1.82, 2.24) is 4.90 Å². The number of ether oxygens (including phenoxy) is 2. The summed E-state index contributed by atoms with van der Waals surface area (Å²) < 4.78 is 52.9. The van der Waals surface area contributed by atoms with Gasteiger partial charge in [0.25, 0.3) is 0 Å². The van der Waals surface area contributed by atoms with Gasteiger partial charge in [-0.25, -0.2) is 12.8 Å². The molecule has 8 heteroatoms. The molecular weight excluding hydrogens is 517 g/mol. The first-order valence-electron chi connectivity index (χ1n) is 13.2. The Bertz CT molecular complexity index is 1520. The van der Waals surface area contributed by atoms with E-state index in [4.69, 9.17) is 9.47 Å². The van der Waals surface area contributed by atoms with Crippen LogP contribution in [0.5, 0.6) is 17.2 Å². The van der Waals surface area contributed by atoms with Gasteiger partial charge in [-0.15, -0.1) is 0 Å². The Morgan fingerprint density at radius 2 is 1.85 bits per heavy atom. The summed E-state index contributed by atoms with van der Waals surface area (Å²) in [4.78, 5) is 2.57. The molecule has 0 aromatic heterocycles. The Balaban J connectivity index is 1.51. The van der Waals surface area contributed by atoms with E-state index in [1.165, 1.54) is 24.6 Å². The molecule has 0 spiro atoms. The molecule has 3 aromatic rings. The number of sulfone groups is 1. The summed E-state index contributed by atoms with van der Waals surface area (Å²) >= 11 is 0. The molecule has 2 aliphatic heterocycles. The summed E-state index contributed by atoms with van der Waals surface area (Å²) in [6.45, 7) is 8.93. The van der Waals surface area contributed by atoms with Crippen LogP contribution in [0.1, 0.15) is 50.0 Å². The third-order valence-corrected chi connectivity index (χ3v) is 8.85. The minimum Gasteiger partial charge on any atom is -0.505 e. The average Bonchev–Trinajstić information content (AvgIpc) is 3.35. The topological polar surface area (TPSA) is 76.1 Å². The van der Waals surface area contributed by atoms with Gasteiger partial charge in [0.05, 0.1) is 10.5 Å². The molecule has 0 radical (unpaired) electrons. The first-order valence-corrected chi connectivity index (χ1v) is 15.1. The van der Waals surface area contributed by atoms with Gasteiger partial charge >= 0.3 is 0 Å². The molecule has 2 aliphatic rings. The van der Waals surface area contributed by atoms with Crippen molar-refractivity contribution in [3.05, 3.63) is 83.2 Å². The number of nitrogens with zero attached hydrogens (tertiary/aromatic N) is 1. The largest absolute Gasteiger partial charge is 0.505 e. The maximum Gasteiger partial charge on any atom is 0.176 e. The standard InChI is InChI=1S/C31H34FNO5S/c1-19-15-16-33(17-19)20(2)18-37-23-11-9-22(10-12-23)31-28(24-7-5-6-8-27(24)39(4,35)36)21(3)29-26(38-31)14-13-25(34)30(29)32/h5-14,19-20,31,34H,15-18H2,1-4H3/t19-,20+,31?/m1/s1. The fraction of sp³-hybridized carbons (Fsp3) is 0.355. The van der Waals surface area contributed by atoms with Crippen LogP contribution >= 0.6 is 0 Å². The summed E-state index contributed by atoms with van der Waals surface area (Å²) in [7, 11) is -3.60. The minimum atomic E-state index is -3.60. The number of allylic oxidation sites excluding steroid dienone is 1. The predicted molar refractivity (Wildman–Crippen MR) is 150 cm³/mol. The first kappa shape index (κ1) is 27.2. The Labute approximate surface area is 229 Å². The number of likely N-dealkylation sites (tertiary alicyclic amines) is 1. The fourth-order valence-electron chi connectivity index (χ4n) is 5.53. The van der Waals surface area contributed by atoms with Crippen LogP contribution in [0, 0.1) is 11.7 Å². The zero-order chi connectivity index (χ0) is 27.9. The molecule has 0 saturated carbocycles. The lowest BCUT2D eigenvalue weighted by molar-refractivity contribution is 0.169. The van der Waals surface area contributed by atoms with E-state index in [0.29, 0.717) is 35.3 Å². The Hall–Kier alpha value is -3.36. The summed E-state index contributed by atoms with van der Waals surface area (Å²) in [6.07, 6.45) is 1.66. The van der Waals surface area contributed by atoms with Crippen molar-refractivity contribution in [1.29, 1.82) is 0 Å². The molecular formula is C31H34FNO5S. The SMILES string of the molecule is CC1=C(c2ccccc2S(C)(=O)=O)C(c2ccc(OC[C@H](C)N3CC[C@@H](C)C3)cc2)Oc2ccc(O)c(F)c21. The van der Waals surface area contributed by atoms with Gasteiger partial charge in [0.15, 0.2) is 21.4 Å². The number of hydrogen-bond donors (Lipinski definition) is 1. The molecule has 2 heterocycles. The molecule has 0 bridgehead atoms. The second kappa shape index (κ2) is 10.7. The monoisotopic (exact) mass is 551 g/mol. The summed E-state index contributed by atoms with van der Waals surface area (Å²) in [5.74, 6) is 0.419. The Kier molecular flexibility index (Phi) is 7.44. The highest BCUT2D eigenvalue weighted by Crippen LogP contribution is 2.49. The third kappa shape index (κ3) is 5.40. The molecule has 1 saturated heterocycles. The number of phenols is 1. The van der Waals surface area contributed by atoms with Gasteiger partial charge < -0.3 is 14.6 Å². The number of benzene rings is 3. The number of phenolic OH excluding ortho intramolecular Hbond substituents is 1. The molecule has 6 nitrogen and oxygen atoms in total. The summed E-state index contributed by atoms with van der Waals surface area (Å²) in [5, 5.41) is 10.1. The predicted octanol–water partition coefficient (Wildman–Crippen LogP) is 6.11. The number of halogens is 1. The maximum atomic E-state index is 15.1. The zero-order valence-corrected chi connectivity index (χ0v) is 23.5. The lowest BCUT2D eigenvalue weighted by Gasteiger charge is -2.32. The Morgan fingerprint density at radius 3 is 2.51 bits per heavy atom. The molecule has 0 aliphatic carbocycles. The average molecular weight is 552 g/mol. The van der Waals surface area contributed by atoms with Crippen LogP contribution in [0.2, 0.25) is 0 Å². The second-order valence-corrected chi connectivity index (χ2v) is 12.7. The van der Waals surface area contributed by atoms with Gasteiger partial charge in [0.1, 0.15) is 24.2 Å². The third-order valence-electron chi connectivity index (χ3n) is 7.70. The molecule has 5 rings (SSSR count). The van der Waals surface area contributed by atoms with Crippen LogP contribution in [-0.4, -0.2) is 50.4 Å². The van der Waals surface area contributed by atoms with Crippen LogP contribution in [0.3, 0.4) is 0 Å². The van der Waals surface area contributed by atoms with Crippen molar-refractivity contribution < 1.29 is 27.4 Å². The van der Waals surface area contributed by atoms with Crippen molar-refractivity contribution in [2.45, 2.75) is 44.2 Å². The van der Waals surface area contributed by atoms with Gasteiger partial charge in [-0.05, 0) is 74.2 Å². The van der Waals surface area contributed by atoms with Crippen LogP contribution in [0.15, 0.2) is 65.6 Å². The van der Waals surface area contributed by atoms with Crippen molar-refractivity contribution in [3.8, 4) is 17.2 Å². The van der Waals surface area contributed by atoms with Crippen molar-refractivity contribution in [3.63, 3.8) is 0 Å². The minimum absolute atomic E-state index is 0.120. The van der Waals surface area contributed by atoms with Crippen molar-refractivity contribution >= 4 is 21.0 Å². The highest BCUT2D eigenvalue weighted by Gasteiger charge is 2.34. The van der Waals surface area contributed by atoms with Crippen LogP contribution in [-0.2, 0) is 9.84 Å². The second-order valence-electron chi connectivity index (χ2n) is 10.7. The maximum absolute atomic E-state index is 15.1. The van der Waals surface area contributed by atoms with Gasteiger partial charge in [-0.1, -0.05) is 37.3 Å². The molecule has 206 valence electrons. The number of rotatable bonds is 7. The molecule has 3 aromatic carbocycles. The normalized spacial score (nSPS) is 20.4. The van der Waals surface area contributed by atoms with E-state index in [0.717, 1.165) is 30.7 Å². The highest BCUT2D eigenvalue weighted by atomic mass is 32.2. The summed E-state index contributed by atoms with van der Waals surface area (Å²) in [6, 6.07) is 17.3. The van der Waals surface area contributed by atoms with E-state index in [1.54, 1.807) is 25.1 Å². The number of fused-ring (bicyclic) bond motifs is 1. The lowest BCUT2D eigenvalue weighted by Crippen LogP contribution is -2.35. The summed E-state index contributed by atoms with van der Waals surface area (Å²) in [5.41, 5.74) is 2.35. The van der Waals surface area contributed by atoms with Gasteiger partial charge in [-0.3, -0.25) is 4.90 Å². The van der Waals surface area contributed by atoms with E-state index >= 15 is 4.39 Å². The lowest BCUT2D eigenvalue weighted by atomic mass is 9.86. The van der Waals surface area contributed by atoms with Crippen LogP contribution in [0.25, 0.3) is 11.1 Å².